The summed E-state index contributed by atoms with van der Waals surface area (Å²) in [5.41, 5.74) is 1.21. The predicted molar refractivity (Wildman–Crippen MR) is 77.3 cm³/mol. The summed E-state index contributed by atoms with van der Waals surface area (Å²) in [5.74, 6) is 0.184. The van der Waals surface area contributed by atoms with Gasteiger partial charge in [-0.3, -0.25) is 14.7 Å². The third kappa shape index (κ3) is 3.77. The molecule has 0 radical (unpaired) electrons. The Kier molecular flexibility index (Phi) is 5.49. The lowest BCUT2D eigenvalue weighted by atomic mass is 10.0. The number of ether oxygens (including phenoxy) is 1. The van der Waals surface area contributed by atoms with Gasteiger partial charge in [0, 0.05) is 31.5 Å². The molecule has 0 spiro atoms. The molecule has 5 heteroatoms. The number of carbonyl (C=O) groups excluding carboxylic acids is 1. The van der Waals surface area contributed by atoms with Crippen LogP contribution in [-0.4, -0.2) is 60.6 Å². The molecule has 0 aromatic carbocycles. The van der Waals surface area contributed by atoms with Crippen LogP contribution < -0.4 is 0 Å². The van der Waals surface area contributed by atoms with Gasteiger partial charge < -0.3 is 9.64 Å². The van der Waals surface area contributed by atoms with Gasteiger partial charge in [-0.15, -0.1) is 0 Å². The second-order valence-electron chi connectivity index (χ2n) is 5.11. The Morgan fingerprint density at radius 2 is 2.05 bits per heavy atom. The molecule has 2 heterocycles. The van der Waals surface area contributed by atoms with Crippen molar-refractivity contribution >= 4 is 5.91 Å². The maximum Gasteiger partial charge on any atom is 0.236 e. The normalized spacial score (nSPS) is 17.2. The summed E-state index contributed by atoms with van der Waals surface area (Å²) < 4.78 is 5.28. The minimum absolute atomic E-state index is 0.184. The smallest absolute Gasteiger partial charge is 0.236 e. The number of morpholine rings is 1. The van der Waals surface area contributed by atoms with E-state index >= 15 is 0 Å². The van der Waals surface area contributed by atoms with E-state index in [-0.39, 0.29) is 11.9 Å². The maximum atomic E-state index is 12.3. The highest BCUT2D eigenvalue weighted by Crippen LogP contribution is 2.22. The number of amides is 1. The zero-order valence-corrected chi connectivity index (χ0v) is 12.3. The molecule has 1 fully saturated rings. The van der Waals surface area contributed by atoms with Crippen molar-refractivity contribution in [3.63, 3.8) is 0 Å². The molecule has 1 unspecified atom stereocenters. The Morgan fingerprint density at radius 3 is 2.65 bits per heavy atom. The van der Waals surface area contributed by atoms with Gasteiger partial charge in [-0.05, 0) is 31.2 Å². The van der Waals surface area contributed by atoms with Crippen LogP contribution in [0, 0.1) is 0 Å². The Balaban J connectivity index is 1.95. The molecule has 0 saturated carbocycles. The first kappa shape index (κ1) is 14.9. The van der Waals surface area contributed by atoms with E-state index in [0.29, 0.717) is 32.8 Å². The first-order valence-corrected chi connectivity index (χ1v) is 7.18. The van der Waals surface area contributed by atoms with E-state index in [1.807, 2.05) is 24.1 Å². The van der Waals surface area contributed by atoms with Crippen LogP contribution in [0.5, 0.6) is 0 Å². The van der Waals surface area contributed by atoms with E-state index in [4.69, 9.17) is 4.74 Å². The van der Waals surface area contributed by atoms with Crippen LogP contribution in [0.1, 0.15) is 24.9 Å². The lowest BCUT2D eigenvalue weighted by Gasteiger charge is -2.31. The summed E-state index contributed by atoms with van der Waals surface area (Å²) in [4.78, 5) is 20.3. The van der Waals surface area contributed by atoms with E-state index in [1.54, 1.807) is 12.4 Å². The average molecular weight is 277 g/mol. The summed E-state index contributed by atoms with van der Waals surface area (Å²) >= 11 is 0. The number of hydrogen-bond donors (Lipinski definition) is 0. The molecule has 1 amide bonds. The summed E-state index contributed by atoms with van der Waals surface area (Å²) in [7, 11) is 2.01. The Hall–Kier alpha value is -1.46. The van der Waals surface area contributed by atoms with Crippen LogP contribution in [0.2, 0.25) is 0 Å². The van der Waals surface area contributed by atoms with Gasteiger partial charge in [-0.25, -0.2) is 0 Å². The van der Waals surface area contributed by atoms with Gasteiger partial charge in [-0.1, -0.05) is 6.92 Å². The highest BCUT2D eigenvalue weighted by molar-refractivity contribution is 5.78. The molecule has 110 valence electrons. The fraction of sp³-hybridized carbons (Fsp3) is 0.600. The van der Waals surface area contributed by atoms with Crippen LogP contribution in [0.15, 0.2) is 24.5 Å². The molecule has 1 aliphatic heterocycles. The van der Waals surface area contributed by atoms with Gasteiger partial charge in [0.2, 0.25) is 5.91 Å². The largest absolute Gasteiger partial charge is 0.378 e. The first-order chi connectivity index (χ1) is 9.72. The molecule has 1 aliphatic rings. The number of carbonyl (C=O) groups is 1. The fourth-order valence-electron chi connectivity index (χ4n) is 2.62. The van der Waals surface area contributed by atoms with E-state index in [2.05, 4.69) is 16.8 Å². The molecular weight excluding hydrogens is 254 g/mol. The third-order valence-corrected chi connectivity index (χ3v) is 3.76. The van der Waals surface area contributed by atoms with Crippen LogP contribution >= 0.6 is 0 Å². The Labute approximate surface area is 120 Å². The summed E-state index contributed by atoms with van der Waals surface area (Å²) in [6, 6.07) is 4.29. The van der Waals surface area contributed by atoms with Crippen molar-refractivity contribution in [3.8, 4) is 0 Å². The van der Waals surface area contributed by atoms with E-state index in [0.717, 1.165) is 6.42 Å². The molecule has 1 atom stereocenters. The van der Waals surface area contributed by atoms with Crippen LogP contribution in [0.3, 0.4) is 0 Å². The van der Waals surface area contributed by atoms with Gasteiger partial charge in [0.15, 0.2) is 0 Å². The fourth-order valence-corrected chi connectivity index (χ4v) is 2.62. The van der Waals surface area contributed by atoms with Crippen molar-refractivity contribution in [2.24, 2.45) is 0 Å². The molecular formula is C15H23N3O2. The first-order valence-electron chi connectivity index (χ1n) is 7.18. The lowest BCUT2D eigenvalue weighted by Crippen LogP contribution is -2.45. The monoisotopic (exact) mass is 277 g/mol. The molecule has 0 aliphatic carbocycles. The number of aromatic nitrogens is 1. The molecule has 20 heavy (non-hydrogen) atoms. The van der Waals surface area contributed by atoms with E-state index < -0.39 is 0 Å². The number of hydrogen-bond acceptors (Lipinski definition) is 4. The predicted octanol–water partition coefficient (Wildman–Crippen LogP) is 1.32. The average Bonchev–Trinajstić information content (AvgIpc) is 2.50. The minimum atomic E-state index is 0.184. The number of pyridine rings is 1. The van der Waals surface area contributed by atoms with Crippen molar-refractivity contribution in [3.05, 3.63) is 30.1 Å². The topological polar surface area (TPSA) is 45.7 Å². The number of likely N-dealkylation sites (N-methyl/N-ethyl adjacent to an activating group) is 1. The van der Waals surface area contributed by atoms with Crippen molar-refractivity contribution in [1.29, 1.82) is 0 Å². The molecule has 0 N–H and O–H groups in total. The van der Waals surface area contributed by atoms with E-state index in [1.165, 1.54) is 5.56 Å². The van der Waals surface area contributed by atoms with Crippen molar-refractivity contribution in [2.45, 2.75) is 19.4 Å². The minimum Gasteiger partial charge on any atom is -0.378 e. The van der Waals surface area contributed by atoms with Crippen molar-refractivity contribution in [1.82, 2.24) is 14.8 Å². The van der Waals surface area contributed by atoms with Gasteiger partial charge >= 0.3 is 0 Å². The summed E-state index contributed by atoms with van der Waals surface area (Å²) in [6.45, 7) is 5.30. The van der Waals surface area contributed by atoms with Gasteiger partial charge in [-0.2, -0.15) is 0 Å². The van der Waals surface area contributed by atoms with Gasteiger partial charge in [0.05, 0.1) is 19.8 Å². The van der Waals surface area contributed by atoms with Crippen LogP contribution in [0.4, 0.5) is 0 Å². The van der Waals surface area contributed by atoms with E-state index in [9.17, 15) is 4.79 Å². The maximum absolute atomic E-state index is 12.3. The highest BCUT2D eigenvalue weighted by Gasteiger charge is 2.22. The SMILES string of the molecule is CCC(c1ccncc1)N(C)CC(=O)N1CCOCC1. The quantitative estimate of drug-likeness (QED) is 0.814. The molecule has 1 aromatic heterocycles. The molecule has 1 saturated heterocycles. The van der Waals surface area contributed by atoms with Crippen molar-refractivity contribution < 1.29 is 9.53 Å². The van der Waals surface area contributed by atoms with Crippen LogP contribution in [-0.2, 0) is 9.53 Å². The second kappa shape index (κ2) is 7.36. The molecule has 2 rings (SSSR count). The Morgan fingerprint density at radius 1 is 1.40 bits per heavy atom. The lowest BCUT2D eigenvalue weighted by molar-refractivity contribution is -0.136. The zero-order chi connectivity index (χ0) is 14.4. The van der Waals surface area contributed by atoms with Crippen LogP contribution in [0.25, 0.3) is 0 Å². The molecule has 0 bridgehead atoms. The van der Waals surface area contributed by atoms with Gasteiger partial charge in [0.1, 0.15) is 0 Å². The number of rotatable bonds is 5. The highest BCUT2D eigenvalue weighted by atomic mass is 16.5. The van der Waals surface area contributed by atoms with Gasteiger partial charge in [0.25, 0.3) is 0 Å². The second-order valence-corrected chi connectivity index (χ2v) is 5.11. The number of nitrogens with zero attached hydrogens (tertiary/aromatic N) is 3. The Bertz CT molecular complexity index is 418. The standard InChI is InChI=1S/C15H23N3O2/c1-3-14(13-4-6-16-7-5-13)17(2)12-15(19)18-8-10-20-11-9-18/h4-7,14H,3,8-12H2,1-2H3. The molecule has 5 nitrogen and oxygen atoms in total. The molecule has 1 aromatic rings. The summed E-state index contributed by atoms with van der Waals surface area (Å²) in [5, 5.41) is 0. The van der Waals surface area contributed by atoms with Crippen molar-refractivity contribution in [2.75, 3.05) is 39.9 Å². The summed E-state index contributed by atoms with van der Waals surface area (Å²) in [6.07, 6.45) is 4.57. The zero-order valence-electron chi connectivity index (χ0n) is 12.3. The third-order valence-electron chi connectivity index (χ3n) is 3.76.